The lowest BCUT2D eigenvalue weighted by Crippen LogP contribution is -1.97. The van der Waals surface area contributed by atoms with Crippen molar-refractivity contribution in [3.8, 4) is 11.4 Å². The molecule has 0 saturated heterocycles. The van der Waals surface area contributed by atoms with Crippen molar-refractivity contribution in [2.24, 2.45) is 0 Å². The first-order chi connectivity index (χ1) is 8.11. The molecule has 88 valence electrons. The summed E-state index contributed by atoms with van der Waals surface area (Å²) in [5.74, 6) is 1.26. The second-order valence-electron chi connectivity index (χ2n) is 3.26. The van der Waals surface area contributed by atoms with Gasteiger partial charge >= 0.3 is 0 Å². The zero-order valence-corrected chi connectivity index (χ0v) is 11.9. The van der Waals surface area contributed by atoms with Crippen LogP contribution < -0.4 is 5.32 Å². The fourth-order valence-corrected chi connectivity index (χ4v) is 2.23. The van der Waals surface area contributed by atoms with Crippen molar-refractivity contribution in [3.05, 3.63) is 38.9 Å². The predicted molar refractivity (Wildman–Crippen MR) is 74.7 cm³/mol. The Bertz CT molecular complexity index is 560. The second kappa shape index (κ2) is 5.21. The highest BCUT2D eigenvalue weighted by Gasteiger charge is 2.09. The molecular weight excluding hydrogens is 325 g/mol. The van der Waals surface area contributed by atoms with Gasteiger partial charge in [0.15, 0.2) is 5.82 Å². The summed E-state index contributed by atoms with van der Waals surface area (Å²) in [6, 6.07) is 5.23. The molecule has 2 aromatic rings. The molecule has 1 N–H and O–H groups in total. The van der Waals surface area contributed by atoms with Crippen molar-refractivity contribution in [3.63, 3.8) is 0 Å². The fourth-order valence-electron chi connectivity index (χ4n) is 1.34. The molecule has 1 heterocycles. The minimum Gasteiger partial charge on any atom is -0.372 e. The summed E-state index contributed by atoms with van der Waals surface area (Å²) < 4.78 is 0.800. The van der Waals surface area contributed by atoms with E-state index in [4.69, 9.17) is 23.2 Å². The SMILES string of the molecule is CNc1nc(-c2ccc(Cl)cc2Cl)ncc1Br. The molecule has 0 bridgehead atoms. The van der Waals surface area contributed by atoms with E-state index in [-0.39, 0.29) is 0 Å². The molecule has 0 fully saturated rings. The van der Waals surface area contributed by atoms with Crippen LogP contribution in [0.15, 0.2) is 28.9 Å². The van der Waals surface area contributed by atoms with Gasteiger partial charge in [-0.1, -0.05) is 23.2 Å². The first-order valence-corrected chi connectivity index (χ1v) is 6.32. The lowest BCUT2D eigenvalue weighted by Gasteiger charge is -2.07. The smallest absolute Gasteiger partial charge is 0.163 e. The molecule has 6 heteroatoms. The molecule has 0 radical (unpaired) electrons. The molecule has 0 aliphatic carbocycles. The van der Waals surface area contributed by atoms with Gasteiger partial charge in [-0.15, -0.1) is 0 Å². The Kier molecular flexibility index (Phi) is 3.86. The van der Waals surface area contributed by atoms with Crippen LogP contribution in [0.5, 0.6) is 0 Å². The normalized spacial score (nSPS) is 10.4. The molecule has 0 saturated carbocycles. The van der Waals surface area contributed by atoms with Gasteiger partial charge in [-0.3, -0.25) is 0 Å². The monoisotopic (exact) mass is 331 g/mol. The maximum absolute atomic E-state index is 6.10. The summed E-state index contributed by atoms with van der Waals surface area (Å²) in [6.07, 6.45) is 1.68. The molecular formula is C11H8BrCl2N3. The number of anilines is 1. The zero-order valence-electron chi connectivity index (χ0n) is 8.84. The van der Waals surface area contributed by atoms with Crippen LogP contribution in [0.3, 0.4) is 0 Å². The topological polar surface area (TPSA) is 37.8 Å². The molecule has 1 aromatic carbocycles. The largest absolute Gasteiger partial charge is 0.372 e. The Morgan fingerprint density at radius 3 is 2.71 bits per heavy atom. The van der Waals surface area contributed by atoms with Crippen molar-refractivity contribution >= 4 is 44.9 Å². The minimum atomic E-state index is 0.530. The standard InChI is InChI=1S/C11H8BrCl2N3/c1-15-11-8(12)5-16-10(17-11)7-3-2-6(13)4-9(7)14/h2-5H,1H3,(H,15,16,17). The van der Waals surface area contributed by atoms with E-state index in [0.717, 1.165) is 10.0 Å². The Balaban J connectivity index is 2.53. The van der Waals surface area contributed by atoms with Crippen LogP contribution in [-0.2, 0) is 0 Å². The molecule has 2 rings (SSSR count). The Labute approximate surface area is 117 Å². The zero-order chi connectivity index (χ0) is 12.4. The van der Waals surface area contributed by atoms with E-state index < -0.39 is 0 Å². The average molecular weight is 333 g/mol. The Hall–Kier alpha value is -0.840. The molecule has 3 nitrogen and oxygen atoms in total. The third kappa shape index (κ3) is 2.70. The quantitative estimate of drug-likeness (QED) is 0.893. The summed E-state index contributed by atoms with van der Waals surface area (Å²) in [5.41, 5.74) is 0.750. The third-order valence-corrected chi connectivity index (χ3v) is 3.28. The van der Waals surface area contributed by atoms with Gasteiger partial charge in [-0.25, -0.2) is 9.97 Å². The number of nitrogens with one attached hydrogen (secondary N) is 1. The number of hydrogen-bond donors (Lipinski definition) is 1. The summed E-state index contributed by atoms with van der Waals surface area (Å²) in [4.78, 5) is 8.58. The number of halogens is 3. The molecule has 0 aliphatic heterocycles. The van der Waals surface area contributed by atoms with E-state index in [1.807, 2.05) is 0 Å². The van der Waals surface area contributed by atoms with Crippen LogP contribution >= 0.6 is 39.1 Å². The van der Waals surface area contributed by atoms with E-state index >= 15 is 0 Å². The van der Waals surface area contributed by atoms with Crippen molar-refractivity contribution < 1.29 is 0 Å². The van der Waals surface area contributed by atoms with Crippen molar-refractivity contribution in [2.75, 3.05) is 12.4 Å². The minimum absolute atomic E-state index is 0.530. The van der Waals surface area contributed by atoms with E-state index in [1.165, 1.54) is 0 Å². The van der Waals surface area contributed by atoms with Gasteiger partial charge in [0, 0.05) is 23.8 Å². The van der Waals surface area contributed by atoms with Gasteiger partial charge in [-0.2, -0.15) is 0 Å². The fraction of sp³-hybridized carbons (Fsp3) is 0.0909. The van der Waals surface area contributed by atoms with Crippen LogP contribution in [-0.4, -0.2) is 17.0 Å². The summed E-state index contributed by atoms with van der Waals surface area (Å²) in [7, 11) is 1.79. The summed E-state index contributed by atoms with van der Waals surface area (Å²) in [6.45, 7) is 0. The molecule has 17 heavy (non-hydrogen) atoms. The van der Waals surface area contributed by atoms with E-state index in [1.54, 1.807) is 31.4 Å². The van der Waals surface area contributed by atoms with Crippen LogP contribution in [0.2, 0.25) is 10.0 Å². The van der Waals surface area contributed by atoms with Crippen molar-refractivity contribution in [2.45, 2.75) is 0 Å². The summed E-state index contributed by atoms with van der Waals surface area (Å²) in [5, 5.41) is 4.09. The first-order valence-electron chi connectivity index (χ1n) is 4.77. The van der Waals surface area contributed by atoms with Crippen LogP contribution in [0, 0.1) is 0 Å². The number of benzene rings is 1. The number of nitrogens with zero attached hydrogens (tertiary/aromatic N) is 2. The van der Waals surface area contributed by atoms with Crippen LogP contribution in [0.4, 0.5) is 5.82 Å². The lowest BCUT2D eigenvalue weighted by atomic mass is 10.2. The Morgan fingerprint density at radius 2 is 2.06 bits per heavy atom. The third-order valence-electron chi connectivity index (χ3n) is 2.15. The van der Waals surface area contributed by atoms with Gasteiger partial charge < -0.3 is 5.32 Å². The molecule has 0 aliphatic rings. The van der Waals surface area contributed by atoms with Crippen molar-refractivity contribution in [1.82, 2.24) is 9.97 Å². The lowest BCUT2D eigenvalue weighted by molar-refractivity contribution is 1.15. The maximum Gasteiger partial charge on any atom is 0.163 e. The van der Waals surface area contributed by atoms with E-state index in [2.05, 4.69) is 31.2 Å². The highest BCUT2D eigenvalue weighted by atomic mass is 79.9. The molecule has 0 unspecified atom stereocenters. The van der Waals surface area contributed by atoms with Gasteiger partial charge in [0.05, 0.1) is 9.50 Å². The van der Waals surface area contributed by atoms with Crippen molar-refractivity contribution in [1.29, 1.82) is 0 Å². The van der Waals surface area contributed by atoms with Crippen LogP contribution in [0.25, 0.3) is 11.4 Å². The van der Waals surface area contributed by atoms with Gasteiger partial charge in [0.1, 0.15) is 5.82 Å². The maximum atomic E-state index is 6.10. The predicted octanol–water partition coefficient (Wildman–Crippen LogP) is 4.25. The number of aromatic nitrogens is 2. The highest BCUT2D eigenvalue weighted by molar-refractivity contribution is 9.10. The second-order valence-corrected chi connectivity index (χ2v) is 4.96. The molecule has 1 aromatic heterocycles. The van der Waals surface area contributed by atoms with Gasteiger partial charge in [-0.05, 0) is 34.1 Å². The van der Waals surface area contributed by atoms with Gasteiger partial charge in [0.25, 0.3) is 0 Å². The highest BCUT2D eigenvalue weighted by Crippen LogP contribution is 2.30. The average Bonchev–Trinajstić information content (AvgIpc) is 2.30. The molecule has 0 spiro atoms. The van der Waals surface area contributed by atoms with E-state index in [0.29, 0.717) is 21.7 Å². The van der Waals surface area contributed by atoms with Crippen LogP contribution in [0.1, 0.15) is 0 Å². The number of hydrogen-bond acceptors (Lipinski definition) is 3. The van der Waals surface area contributed by atoms with E-state index in [9.17, 15) is 0 Å². The molecule has 0 atom stereocenters. The Morgan fingerprint density at radius 1 is 1.29 bits per heavy atom. The first kappa shape index (κ1) is 12.6. The number of rotatable bonds is 2. The van der Waals surface area contributed by atoms with Gasteiger partial charge in [0.2, 0.25) is 0 Å². The summed E-state index contributed by atoms with van der Waals surface area (Å²) >= 11 is 15.3. The molecule has 0 amide bonds.